The highest BCUT2D eigenvalue weighted by Crippen LogP contribution is 2.23. The van der Waals surface area contributed by atoms with Crippen molar-refractivity contribution in [2.75, 3.05) is 6.61 Å². The molecule has 2 nitrogen and oxygen atoms in total. The molecule has 0 saturated heterocycles. The van der Waals surface area contributed by atoms with Crippen molar-refractivity contribution in [2.24, 2.45) is 5.92 Å². The van der Waals surface area contributed by atoms with Crippen molar-refractivity contribution < 1.29 is 9.53 Å². The molecule has 0 radical (unpaired) electrons. The Balaban J connectivity index is 1.77. The monoisotopic (exact) mass is 338 g/mol. The Hall–Kier alpha value is -2.09. The van der Waals surface area contributed by atoms with Crippen LogP contribution in [0.5, 0.6) is 5.75 Å². The zero-order valence-electron chi connectivity index (χ0n) is 15.8. The van der Waals surface area contributed by atoms with E-state index in [1.807, 2.05) is 36.4 Å². The number of carbonyl (C=O) groups is 1. The highest BCUT2D eigenvalue weighted by Gasteiger charge is 2.02. The van der Waals surface area contributed by atoms with Gasteiger partial charge in [0, 0.05) is 5.56 Å². The van der Waals surface area contributed by atoms with E-state index in [9.17, 15) is 4.79 Å². The van der Waals surface area contributed by atoms with Crippen LogP contribution in [0, 0.1) is 5.92 Å². The van der Waals surface area contributed by atoms with Gasteiger partial charge in [-0.2, -0.15) is 0 Å². The van der Waals surface area contributed by atoms with E-state index in [0.717, 1.165) is 41.4 Å². The highest BCUT2D eigenvalue weighted by molar-refractivity contribution is 5.94. The van der Waals surface area contributed by atoms with Gasteiger partial charge in [-0.05, 0) is 42.5 Å². The number of ether oxygens (including phenoxy) is 1. The fourth-order valence-corrected chi connectivity index (χ4v) is 2.81. The molecule has 0 heterocycles. The third kappa shape index (κ3) is 6.38. The van der Waals surface area contributed by atoms with Crippen molar-refractivity contribution >= 4 is 5.78 Å². The minimum Gasteiger partial charge on any atom is -0.494 e. The third-order valence-corrected chi connectivity index (χ3v) is 4.79. The van der Waals surface area contributed by atoms with Crippen LogP contribution >= 0.6 is 0 Å². The molecule has 0 aliphatic heterocycles. The van der Waals surface area contributed by atoms with Gasteiger partial charge in [0.25, 0.3) is 0 Å². The Morgan fingerprint density at radius 3 is 2.08 bits per heavy atom. The molecule has 0 amide bonds. The smallest absolute Gasteiger partial charge is 0.159 e. The Labute approximate surface area is 152 Å². The molecule has 25 heavy (non-hydrogen) atoms. The summed E-state index contributed by atoms with van der Waals surface area (Å²) in [5.74, 6) is 1.86. The van der Waals surface area contributed by atoms with Gasteiger partial charge in [-0.1, -0.05) is 75.9 Å². The maximum absolute atomic E-state index is 11.3. The quantitative estimate of drug-likeness (QED) is 0.363. The molecule has 0 saturated carbocycles. The lowest BCUT2D eigenvalue weighted by Gasteiger charge is -2.09. The Kier molecular flexibility index (Phi) is 7.72. The molecule has 2 aromatic rings. The second-order valence-electron chi connectivity index (χ2n) is 6.87. The first-order valence-corrected chi connectivity index (χ1v) is 9.44. The molecule has 0 bridgehead atoms. The zero-order valence-corrected chi connectivity index (χ0v) is 15.8. The van der Waals surface area contributed by atoms with Crippen molar-refractivity contribution in [2.45, 2.75) is 52.9 Å². The first kappa shape index (κ1) is 19.2. The largest absolute Gasteiger partial charge is 0.494 e. The summed E-state index contributed by atoms with van der Waals surface area (Å²) in [6.45, 7) is 6.96. The van der Waals surface area contributed by atoms with Gasteiger partial charge in [-0.3, -0.25) is 4.79 Å². The number of hydrogen-bond acceptors (Lipinski definition) is 2. The van der Waals surface area contributed by atoms with Crippen LogP contribution in [0.4, 0.5) is 0 Å². The van der Waals surface area contributed by atoms with Gasteiger partial charge in [-0.25, -0.2) is 0 Å². The molecule has 2 rings (SSSR count). The van der Waals surface area contributed by atoms with Crippen LogP contribution in [0.3, 0.4) is 0 Å². The summed E-state index contributed by atoms with van der Waals surface area (Å²) in [6.07, 6.45) is 6.26. The third-order valence-electron chi connectivity index (χ3n) is 4.79. The van der Waals surface area contributed by atoms with Gasteiger partial charge in [0.1, 0.15) is 5.75 Å². The van der Waals surface area contributed by atoms with Gasteiger partial charge < -0.3 is 4.74 Å². The van der Waals surface area contributed by atoms with Crippen LogP contribution in [0.1, 0.15) is 63.2 Å². The SMILES string of the molecule is CCC(C)CCCCCOc1ccc(-c2ccc(C(C)=O)cc2)cc1. The fraction of sp³-hybridized carbons (Fsp3) is 0.435. The molecule has 0 fully saturated rings. The number of ketones is 1. The molecule has 134 valence electrons. The fourth-order valence-electron chi connectivity index (χ4n) is 2.81. The first-order chi connectivity index (χ1) is 12.1. The van der Waals surface area contributed by atoms with Gasteiger partial charge in [0.05, 0.1) is 6.61 Å². The average molecular weight is 338 g/mol. The summed E-state index contributed by atoms with van der Waals surface area (Å²) in [4.78, 5) is 11.3. The Bertz CT molecular complexity index is 641. The summed E-state index contributed by atoms with van der Waals surface area (Å²) in [6, 6.07) is 15.9. The summed E-state index contributed by atoms with van der Waals surface area (Å²) in [5.41, 5.74) is 3.00. The van der Waals surface area contributed by atoms with Gasteiger partial charge >= 0.3 is 0 Å². The maximum atomic E-state index is 11.3. The summed E-state index contributed by atoms with van der Waals surface area (Å²) in [5, 5.41) is 0. The van der Waals surface area contributed by atoms with Crippen LogP contribution in [-0.4, -0.2) is 12.4 Å². The van der Waals surface area contributed by atoms with E-state index in [2.05, 4.69) is 26.0 Å². The van der Waals surface area contributed by atoms with Crippen molar-refractivity contribution in [3.63, 3.8) is 0 Å². The molecule has 2 heteroatoms. The number of carbonyl (C=O) groups excluding carboxylic acids is 1. The minimum atomic E-state index is 0.0967. The van der Waals surface area contributed by atoms with Crippen molar-refractivity contribution in [1.29, 1.82) is 0 Å². The summed E-state index contributed by atoms with van der Waals surface area (Å²) >= 11 is 0. The minimum absolute atomic E-state index is 0.0967. The average Bonchev–Trinajstić information content (AvgIpc) is 2.65. The van der Waals surface area contributed by atoms with E-state index in [1.54, 1.807) is 6.92 Å². The lowest BCUT2D eigenvalue weighted by atomic mass is 10.0. The number of rotatable bonds is 10. The van der Waals surface area contributed by atoms with E-state index >= 15 is 0 Å². The molecule has 1 unspecified atom stereocenters. The van der Waals surface area contributed by atoms with Gasteiger partial charge in [0.15, 0.2) is 5.78 Å². The predicted octanol–water partition coefficient (Wildman–Crippen LogP) is 6.54. The number of unbranched alkanes of at least 4 members (excludes halogenated alkanes) is 2. The zero-order chi connectivity index (χ0) is 18.1. The summed E-state index contributed by atoms with van der Waals surface area (Å²) < 4.78 is 5.84. The van der Waals surface area contributed by atoms with E-state index in [4.69, 9.17) is 4.74 Å². The topological polar surface area (TPSA) is 26.3 Å². The lowest BCUT2D eigenvalue weighted by Crippen LogP contribution is -1.98. The molecule has 0 N–H and O–H groups in total. The van der Waals surface area contributed by atoms with Crippen LogP contribution in [0.15, 0.2) is 48.5 Å². The molecule has 2 aromatic carbocycles. The van der Waals surface area contributed by atoms with Crippen LogP contribution in [0.2, 0.25) is 0 Å². The molecular formula is C23H30O2. The summed E-state index contributed by atoms with van der Waals surface area (Å²) in [7, 11) is 0. The highest BCUT2D eigenvalue weighted by atomic mass is 16.5. The Morgan fingerprint density at radius 2 is 1.52 bits per heavy atom. The van der Waals surface area contributed by atoms with E-state index < -0.39 is 0 Å². The Morgan fingerprint density at radius 1 is 0.920 bits per heavy atom. The van der Waals surface area contributed by atoms with Gasteiger partial charge in [-0.15, -0.1) is 0 Å². The van der Waals surface area contributed by atoms with Crippen molar-refractivity contribution in [3.05, 3.63) is 54.1 Å². The predicted molar refractivity (Wildman–Crippen MR) is 105 cm³/mol. The molecule has 1 atom stereocenters. The molecule has 0 aromatic heterocycles. The van der Waals surface area contributed by atoms with Crippen LogP contribution < -0.4 is 4.74 Å². The molecule has 0 spiro atoms. The van der Waals surface area contributed by atoms with Crippen molar-refractivity contribution in [1.82, 2.24) is 0 Å². The number of Topliss-reactive ketones (excluding diaryl/α,β-unsaturated/α-hetero) is 1. The van der Waals surface area contributed by atoms with Gasteiger partial charge in [0.2, 0.25) is 0 Å². The molecule has 0 aliphatic carbocycles. The molecule has 0 aliphatic rings. The second-order valence-corrected chi connectivity index (χ2v) is 6.87. The first-order valence-electron chi connectivity index (χ1n) is 9.44. The van der Waals surface area contributed by atoms with Crippen LogP contribution in [-0.2, 0) is 0 Å². The van der Waals surface area contributed by atoms with E-state index in [0.29, 0.717) is 0 Å². The molecular weight excluding hydrogens is 308 g/mol. The van der Waals surface area contributed by atoms with Crippen LogP contribution in [0.25, 0.3) is 11.1 Å². The van der Waals surface area contributed by atoms with E-state index in [-0.39, 0.29) is 5.78 Å². The normalized spacial score (nSPS) is 12.0. The van der Waals surface area contributed by atoms with Crippen molar-refractivity contribution in [3.8, 4) is 16.9 Å². The maximum Gasteiger partial charge on any atom is 0.159 e. The number of benzene rings is 2. The standard InChI is InChI=1S/C23H30O2/c1-4-18(2)8-6-5-7-17-25-23-15-13-22(14-16-23)21-11-9-20(10-12-21)19(3)24/h9-16,18H,4-8,17H2,1-3H3. The van der Waals surface area contributed by atoms with E-state index in [1.165, 1.54) is 25.7 Å². The second kappa shape index (κ2) is 10.0. The lowest BCUT2D eigenvalue weighted by molar-refractivity contribution is 0.101. The number of hydrogen-bond donors (Lipinski definition) is 0.